The lowest BCUT2D eigenvalue weighted by Crippen LogP contribution is -2.26. The molecule has 0 aromatic heterocycles. The Bertz CT molecular complexity index is 979. The highest BCUT2D eigenvalue weighted by Crippen LogP contribution is 2.36. The summed E-state index contributed by atoms with van der Waals surface area (Å²) in [7, 11) is 3.47. The van der Waals surface area contributed by atoms with Gasteiger partial charge in [0.25, 0.3) is 5.91 Å². The molecule has 5 nitrogen and oxygen atoms in total. The Morgan fingerprint density at radius 3 is 2.41 bits per heavy atom. The van der Waals surface area contributed by atoms with Crippen molar-refractivity contribution in [2.24, 2.45) is 0 Å². The van der Waals surface area contributed by atoms with Crippen molar-refractivity contribution in [3.63, 3.8) is 0 Å². The van der Waals surface area contributed by atoms with Crippen molar-refractivity contribution >= 4 is 67.8 Å². The highest BCUT2D eigenvalue weighted by atomic mass is 127. The number of hydrogen-bond acceptors (Lipinski definition) is 4. The topological polar surface area (TPSA) is 42.0 Å². The maximum atomic E-state index is 12.4. The SMILES string of the molecule is CCOc1cc(/C=C2/C(=O)N(C)C(=S)N2C)cc(I)c1OCc1ccc(Br)cc1. The summed E-state index contributed by atoms with van der Waals surface area (Å²) in [6, 6.07) is 11.8. The van der Waals surface area contributed by atoms with E-state index in [-0.39, 0.29) is 5.91 Å². The number of carbonyl (C=O) groups is 1. The van der Waals surface area contributed by atoms with Gasteiger partial charge in [-0.25, -0.2) is 0 Å². The van der Waals surface area contributed by atoms with E-state index in [1.807, 2.05) is 49.4 Å². The number of halogens is 2. The third kappa shape index (κ3) is 4.92. The molecule has 0 saturated carbocycles. The van der Waals surface area contributed by atoms with E-state index >= 15 is 0 Å². The molecule has 1 amide bonds. The summed E-state index contributed by atoms with van der Waals surface area (Å²) in [5.74, 6) is 1.21. The molecule has 0 unspecified atom stereocenters. The smallest absolute Gasteiger partial charge is 0.276 e. The fourth-order valence-electron chi connectivity index (χ4n) is 2.86. The average molecular weight is 587 g/mol. The van der Waals surface area contributed by atoms with Gasteiger partial charge in [0.15, 0.2) is 16.6 Å². The Labute approximate surface area is 197 Å². The summed E-state index contributed by atoms with van der Waals surface area (Å²) < 4.78 is 13.8. The predicted octanol–water partition coefficient (Wildman–Crippen LogP) is 5.06. The molecule has 152 valence electrons. The van der Waals surface area contributed by atoms with Crippen LogP contribution in [-0.2, 0) is 11.4 Å². The van der Waals surface area contributed by atoms with Crippen LogP contribution in [0.4, 0.5) is 0 Å². The minimum atomic E-state index is -0.124. The number of thiocarbonyl (C=S) groups is 1. The summed E-state index contributed by atoms with van der Waals surface area (Å²) >= 11 is 10.9. The Balaban J connectivity index is 1.90. The van der Waals surface area contributed by atoms with E-state index in [4.69, 9.17) is 21.7 Å². The molecule has 0 N–H and O–H groups in total. The van der Waals surface area contributed by atoms with Crippen LogP contribution in [0.25, 0.3) is 6.08 Å². The molecule has 0 spiro atoms. The molecular formula is C21H20BrIN2O3S. The van der Waals surface area contributed by atoms with Gasteiger partial charge in [-0.3, -0.25) is 9.69 Å². The minimum absolute atomic E-state index is 0.124. The van der Waals surface area contributed by atoms with Crippen molar-refractivity contribution in [2.75, 3.05) is 20.7 Å². The lowest BCUT2D eigenvalue weighted by Gasteiger charge is -2.15. The van der Waals surface area contributed by atoms with Crippen LogP contribution in [0.15, 0.2) is 46.6 Å². The quantitative estimate of drug-likeness (QED) is 0.269. The van der Waals surface area contributed by atoms with Crippen LogP contribution in [0.5, 0.6) is 11.5 Å². The molecule has 3 rings (SSSR count). The second kappa shape index (κ2) is 9.44. The Morgan fingerprint density at radius 2 is 1.83 bits per heavy atom. The zero-order valence-electron chi connectivity index (χ0n) is 16.2. The van der Waals surface area contributed by atoms with Crippen LogP contribution < -0.4 is 9.47 Å². The van der Waals surface area contributed by atoms with Crippen molar-refractivity contribution in [3.8, 4) is 11.5 Å². The van der Waals surface area contributed by atoms with Gasteiger partial charge in [-0.05, 0) is 83.2 Å². The predicted molar refractivity (Wildman–Crippen MR) is 130 cm³/mol. The second-order valence-corrected chi connectivity index (χ2v) is 8.86. The Morgan fingerprint density at radius 1 is 1.14 bits per heavy atom. The van der Waals surface area contributed by atoms with Gasteiger partial charge in [0.1, 0.15) is 12.3 Å². The van der Waals surface area contributed by atoms with Crippen molar-refractivity contribution in [2.45, 2.75) is 13.5 Å². The van der Waals surface area contributed by atoms with Crippen molar-refractivity contribution in [1.82, 2.24) is 9.80 Å². The van der Waals surface area contributed by atoms with E-state index < -0.39 is 0 Å². The maximum absolute atomic E-state index is 12.4. The van der Waals surface area contributed by atoms with E-state index in [9.17, 15) is 4.79 Å². The number of ether oxygens (including phenoxy) is 2. The van der Waals surface area contributed by atoms with Crippen LogP contribution in [0, 0.1) is 3.57 Å². The van der Waals surface area contributed by atoms with Crippen LogP contribution in [-0.4, -0.2) is 41.5 Å². The molecule has 1 fully saturated rings. The summed E-state index contributed by atoms with van der Waals surface area (Å²) in [5.41, 5.74) is 2.44. The molecule has 1 heterocycles. The molecular weight excluding hydrogens is 567 g/mol. The first-order valence-corrected chi connectivity index (χ1v) is 11.2. The molecule has 0 bridgehead atoms. The highest BCUT2D eigenvalue weighted by molar-refractivity contribution is 14.1. The number of amides is 1. The largest absolute Gasteiger partial charge is 0.490 e. The first-order valence-electron chi connectivity index (χ1n) is 8.92. The molecule has 2 aromatic carbocycles. The van der Waals surface area contributed by atoms with E-state index in [2.05, 4.69) is 38.5 Å². The molecule has 1 aliphatic heterocycles. The monoisotopic (exact) mass is 586 g/mol. The Kier molecular flexibility index (Phi) is 7.18. The molecule has 8 heteroatoms. The molecule has 1 saturated heterocycles. The Hall–Kier alpha value is -1.65. The zero-order valence-corrected chi connectivity index (χ0v) is 20.8. The normalized spacial score (nSPS) is 15.4. The molecule has 0 radical (unpaired) electrons. The molecule has 29 heavy (non-hydrogen) atoms. The van der Waals surface area contributed by atoms with Gasteiger partial charge in [-0.2, -0.15) is 0 Å². The first-order chi connectivity index (χ1) is 13.8. The number of carbonyl (C=O) groups excluding carboxylic acids is 1. The third-order valence-electron chi connectivity index (χ3n) is 4.39. The minimum Gasteiger partial charge on any atom is -0.490 e. The van der Waals surface area contributed by atoms with Gasteiger partial charge >= 0.3 is 0 Å². The molecule has 1 aliphatic rings. The van der Waals surface area contributed by atoms with Gasteiger partial charge in [-0.15, -0.1) is 0 Å². The van der Waals surface area contributed by atoms with Gasteiger partial charge < -0.3 is 14.4 Å². The van der Waals surface area contributed by atoms with Crippen molar-refractivity contribution in [3.05, 3.63) is 61.3 Å². The zero-order chi connectivity index (χ0) is 21.1. The van der Waals surface area contributed by atoms with Gasteiger partial charge in [-0.1, -0.05) is 28.1 Å². The number of hydrogen-bond donors (Lipinski definition) is 0. The molecule has 2 aromatic rings. The summed E-state index contributed by atoms with van der Waals surface area (Å²) in [4.78, 5) is 15.6. The van der Waals surface area contributed by atoms with Gasteiger partial charge in [0.2, 0.25) is 0 Å². The number of benzene rings is 2. The second-order valence-electron chi connectivity index (χ2n) is 6.41. The van der Waals surface area contributed by atoms with Crippen LogP contribution in [0.2, 0.25) is 0 Å². The molecule has 0 atom stereocenters. The van der Waals surface area contributed by atoms with E-state index in [0.29, 0.717) is 35.5 Å². The maximum Gasteiger partial charge on any atom is 0.276 e. The van der Waals surface area contributed by atoms with E-state index in [0.717, 1.165) is 19.2 Å². The average Bonchev–Trinajstić information content (AvgIpc) is 2.87. The summed E-state index contributed by atoms with van der Waals surface area (Å²) in [5, 5.41) is 0.482. The van der Waals surface area contributed by atoms with Gasteiger partial charge in [0.05, 0.1) is 10.2 Å². The van der Waals surface area contributed by atoms with Gasteiger partial charge in [0, 0.05) is 18.6 Å². The summed E-state index contributed by atoms with van der Waals surface area (Å²) in [6.07, 6.45) is 1.82. The van der Waals surface area contributed by atoms with E-state index in [1.54, 1.807) is 19.0 Å². The lowest BCUT2D eigenvalue weighted by atomic mass is 10.1. The van der Waals surface area contributed by atoms with Crippen LogP contribution in [0.1, 0.15) is 18.1 Å². The molecule has 0 aliphatic carbocycles. The first kappa shape index (κ1) is 22.0. The van der Waals surface area contributed by atoms with Crippen LogP contribution >= 0.6 is 50.7 Å². The number of likely N-dealkylation sites (N-methyl/N-ethyl adjacent to an activating group) is 2. The van der Waals surface area contributed by atoms with E-state index in [1.165, 1.54) is 4.90 Å². The number of rotatable bonds is 6. The fraction of sp³-hybridized carbons (Fsp3) is 0.238. The third-order valence-corrected chi connectivity index (χ3v) is 6.27. The standard InChI is InChI=1S/C21H20BrIN2O3S/c1-4-27-18-11-14(10-17-20(26)25(3)21(29)24(17)2)9-16(23)19(18)28-12-13-5-7-15(22)8-6-13/h5-11H,4,12H2,1-3H3/b17-10-. The van der Waals surface area contributed by atoms with Crippen molar-refractivity contribution < 1.29 is 14.3 Å². The fourth-order valence-corrected chi connectivity index (χ4v) is 4.08. The van der Waals surface area contributed by atoms with Crippen LogP contribution in [0.3, 0.4) is 0 Å². The highest BCUT2D eigenvalue weighted by Gasteiger charge is 2.32. The summed E-state index contributed by atoms with van der Waals surface area (Å²) in [6.45, 7) is 2.87. The lowest BCUT2D eigenvalue weighted by molar-refractivity contribution is -0.121. The van der Waals surface area contributed by atoms with Crippen molar-refractivity contribution in [1.29, 1.82) is 0 Å². The number of nitrogens with zero attached hydrogens (tertiary/aromatic N) is 2.